The third-order valence-electron chi connectivity index (χ3n) is 3.75. The zero-order valence-corrected chi connectivity index (χ0v) is 13.5. The third kappa shape index (κ3) is 4.32. The fourth-order valence-electron chi connectivity index (χ4n) is 2.57. The first-order valence-corrected chi connectivity index (χ1v) is 7.71. The first kappa shape index (κ1) is 16.0. The summed E-state index contributed by atoms with van der Waals surface area (Å²) in [7, 11) is 0. The average molecular weight is 293 g/mol. The normalized spacial score (nSPS) is 12.3. The second-order valence-electron chi connectivity index (χ2n) is 5.57. The predicted molar refractivity (Wildman–Crippen MR) is 92.6 cm³/mol. The molecule has 1 unspecified atom stereocenters. The Morgan fingerprint density at radius 2 is 1.86 bits per heavy atom. The Balaban J connectivity index is 2.06. The van der Waals surface area contributed by atoms with Crippen molar-refractivity contribution in [3.8, 4) is 0 Å². The Morgan fingerprint density at radius 3 is 2.50 bits per heavy atom. The summed E-state index contributed by atoms with van der Waals surface area (Å²) in [6.07, 6.45) is 4.31. The van der Waals surface area contributed by atoms with Crippen molar-refractivity contribution in [2.75, 3.05) is 0 Å². The zero-order valence-electron chi connectivity index (χ0n) is 13.5. The van der Waals surface area contributed by atoms with Crippen molar-refractivity contribution in [2.24, 2.45) is 0 Å². The first-order chi connectivity index (χ1) is 10.6. The van der Waals surface area contributed by atoms with Gasteiger partial charge in [0.05, 0.1) is 6.04 Å². The van der Waals surface area contributed by atoms with E-state index in [9.17, 15) is 4.79 Å². The minimum atomic E-state index is -0.0596. The highest BCUT2D eigenvalue weighted by molar-refractivity contribution is 5.92. The topological polar surface area (TPSA) is 29.1 Å². The smallest absolute Gasteiger partial charge is 0.244 e. The van der Waals surface area contributed by atoms with E-state index in [0.29, 0.717) is 0 Å². The minimum Gasteiger partial charge on any atom is -0.346 e. The Morgan fingerprint density at radius 1 is 1.14 bits per heavy atom. The van der Waals surface area contributed by atoms with Crippen LogP contribution < -0.4 is 5.32 Å². The maximum Gasteiger partial charge on any atom is 0.244 e. The number of rotatable bonds is 5. The molecule has 0 saturated carbocycles. The number of aryl methyl sites for hydroxylation is 2. The molecule has 2 aromatic rings. The molecule has 0 aliphatic rings. The third-order valence-corrected chi connectivity index (χ3v) is 3.75. The quantitative estimate of drug-likeness (QED) is 0.803. The summed E-state index contributed by atoms with van der Waals surface area (Å²) < 4.78 is 0. The lowest BCUT2D eigenvalue weighted by molar-refractivity contribution is -0.117. The van der Waals surface area contributed by atoms with Gasteiger partial charge in [-0.1, -0.05) is 61.0 Å². The van der Waals surface area contributed by atoms with Crippen molar-refractivity contribution in [1.29, 1.82) is 0 Å². The molecular formula is C20H23NO. The van der Waals surface area contributed by atoms with Crippen LogP contribution in [0.4, 0.5) is 0 Å². The Bertz CT molecular complexity index is 659. The molecule has 22 heavy (non-hydrogen) atoms. The second-order valence-corrected chi connectivity index (χ2v) is 5.57. The monoisotopic (exact) mass is 293 g/mol. The lowest BCUT2D eigenvalue weighted by atomic mass is 9.97. The van der Waals surface area contributed by atoms with Gasteiger partial charge in [-0.3, -0.25) is 4.79 Å². The van der Waals surface area contributed by atoms with Crippen LogP contribution in [-0.2, 0) is 4.79 Å². The lowest BCUT2D eigenvalue weighted by Crippen LogP contribution is -2.26. The number of hydrogen-bond donors (Lipinski definition) is 1. The van der Waals surface area contributed by atoms with Crippen molar-refractivity contribution >= 4 is 12.0 Å². The maximum absolute atomic E-state index is 12.1. The Labute approximate surface area is 132 Å². The molecule has 0 spiro atoms. The van der Waals surface area contributed by atoms with Gasteiger partial charge in [0, 0.05) is 6.08 Å². The molecule has 1 atom stereocenters. The van der Waals surface area contributed by atoms with E-state index in [4.69, 9.17) is 0 Å². The van der Waals surface area contributed by atoms with Crippen LogP contribution in [0, 0.1) is 13.8 Å². The Hall–Kier alpha value is -2.35. The number of carbonyl (C=O) groups excluding carboxylic acids is 1. The van der Waals surface area contributed by atoms with Gasteiger partial charge in [-0.25, -0.2) is 0 Å². The molecule has 1 amide bonds. The molecule has 0 aliphatic carbocycles. The van der Waals surface area contributed by atoms with Gasteiger partial charge in [-0.2, -0.15) is 0 Å². The summed E-state index contributed by atoms with van der Waals surface area (Å²) in [4.78, 5) is 12.1. The van der Waals surface area contributed by atoms with E-state index in [-0.39, 0.29) is 11.9 Å². The average Bonchev–Trinajstić information content (AvgIpc) is 2.52. The molecule has 0 heterocycles. The van der Waals surface area contributed by atoms with Gasteiger partial charge in [-0.15, -0.1) is 0 Å². The van der Waals surface area contributed by atoms with Gasteiger partial charge < -0.3 is 5.32 Å². The number of hydrogen-bond acceptors (Lipinski definition) is 1. The van der Waals surface area contributed by atoms with Crippen LogP contribution in [0.5, 0.6) is 0 Å². The summed E-state index contributed by atoms with van der Waals surface area (Å²) in [6.45, 7) is 6.26. The van der Waals surface area contributed by atoms with Gasteiger partial charge >= 0.3 is 0 Å². The van der Waals surface area contributed by atoms with Crippen LogP contribution in [0.3, 0.4) is 0 Å². The molecule has 0 aliphatic heterocycles. The highest BCUT2D eigenvalue weighted by Gasteiger charge is 2.13. The molecular weight excluding hydrogens is 270 g/mol. The van der Waals surface area contributed by atoms with E-state index in [1.807, 2.05) is 36.4 Å². The zero-order chi connectivity index (χ0) is 15.9. The van der Waals surface area contributed by atoms with Gasteiger partial charge in [0.1, 0.15) is 0 Å². The number of carbonyl (C=O) groups is 1. The largest absolute Gasteiger partial charge is 0.346 e. The standard InChI is InChI=1S/C20H23NO/c1-4-19(18-12-10-15(2)14-16(18)3)21-20(22)13-11-17-8-6-5-7-9-17/h5-14,19H,4H2,1-3H3,(H,21,22)/b13-11+. The van der Waals surface area contributed by atoms with Gasteiger partial charge in [-0.05, 0) is 43.0 Å². The summed E-state index contributed by atoms with van der Waals surface area (Å²) >= 11 is 0. The predicted octanol–water partition coefficient (Wildman–Crippen LogP) is 4.58. The SMILES string of the molecule is CCC(NC(=O)/C=C/c1ccccc1)c1ccc(C)cc1C. The van der Waals surface area contributed by atoms with Crippen LogP contribution in [0.15, 0.2) is 54.6 Å². The molecule has 0 bridgehead atoms. The van der Waals surface area contributed by atoms with Gasteiger partial charge in [0.2, 0.25) is 5.91 Å². The van der Waals surface area contributed by atoms with E-state index >= 15 is 0 Å². The summed E-state index contributed by atoms with van der Waals surface area (Å²) in [6, 6.07) is 16.3. The van der Waals surface area contributed by atoms with Crippen LogP contribution in [0.25, 0.3) is 6.08 Å². The molecule has 0 fully saturated rings. The molecule has 0 radical (unpaired) electrons. The number of benzene rings is 2. The van der Waals surface area contributed by atoms with Crippen LogP contribution in [0.1, 0.15) is 41.6 Å². The molecule has 0 aromatic heterocycles. The summed E-state index contributed by atoms with van der Waals surface area (Å²) in [5.74, 6) is -0.0596. The second kappa shape index (κ2) is 7.60. The minimum absolute atomic E-state index is 0.0496. The van der Waals surface area contributed by atoms with E-state index in [2.05, 4.69) is 44.3 Å². The maximum atomic E-state index is 12.1. The van der Waals surface area contributed by atoms with Crippen molar-refractivity contribution in [3.63, 3.8) is 0 Å². The Kier molecular flexibility index (Phi) is 5.54. The van der Waals surface area contributed by atoms with Gasteiger partial charge in [0.25, 0.3) is 0 Å². The van der Waals surface area contributed by atoms with E-state index in [1.54, 1.807) is 6.08 Å². The van der Waals surface area contributed by atoms with Crippen LogP contribution in [0.2, 0.25) is 0 Å². The molecule has 2 aromatic carbocycles. The fourth-order valence-corrected chi connectivity index (χ4v) is 2.57. The van der Waals surface area contributed by atoms with Crippen molar-refractivity contribution in [3.05, 3.63) is 76.9 Å². The lowest BCUT2D eigenvalue weighted by Gasteiger charge is -2.19. The molecule has 114 valence electrons. The van der Waals surface area contributed by atoms with Crippen molar-refractivity contribution in [1.82, 2.24) is 5.32 Å². The first-order valence-electron chi connectivity index (χ1n) is 7.71. The van der Waals surface area contributed by atoms with Crippen molar-refractivity contribution < 1.29 is 4.79 Å². The molecule has 2 nitrogen and oxygen atoms in total. The number of nitrogens with one attached hydrogen (secondary N) is 1. The van der Waals surface area contributed by atoms with E-state index in [0.717, 1.165) is 12.0 Å². The molecule has 0 saturated heterocycles. The van der Waals surface area contributed by atoms with Crippen LogP contribution in [-0.4, -0.2) is 5.91 Å². The fraction of sp³-hybridized carbons (Fsp3) is 0.250. The molecule has 1 N–H and O–H groups in total. The van der Waals surface area contributed by atoms with Gasteiger partial charge in [0.15, 0.2) is 0 Å². The number of amides is 1. The van der Waals surface area contributed by atoms with Crippen LogP contribution >= 0.6 is 0 Å². The molecule has 2 heteroatoms. The van der Waals surface area contributed by atoms with E-state index < -0.39 is 0 Å². The summed E-state index contributed by atoms with van der Waals surface area (Å²) in [5, 5.41) is 3.09. The highest BCUT2D eigenvalue weighted by atomic mass is 16.1. The summed E-state index contributed by atoms with van der Waals surface area (Å²) in [5.41, 5.74) is 4.68. The van der Waals surface area contributed by atoms with E-state index in [1.165, 1.54) is 16.7 Å². The van der Waals surface area contributed by atoms with Crippen molar-refractivity contribution in [2.45, 2.75) is 33.2 Å². The molecule has 2 rings (SSSR count). The highest BCUT2D eigenvalue weighted by Crippen LogP contribution is 2.21.